The molecule has 15 nitrogen and oxygen atoms in total. The molecule has 4 heterocycles. The van der Waals surface area contributed by atoms with Crippen LogP contribution in [0.4, 0.5) is 10.9 Å². The van der Waals surface area contributed by atoms with Gasteiger partial charge in [0.25, 0.3) is 11.8 Å². The average Bonchev–Trinajstić information content (AvgIpc) is 3.30. The molecule has 2 aliphatic rings. The topological polar surface area (TPSA) is 236 Å². The minimum Gasteiger partial charge on any atom is -0.478 e. The molecule has 1 saturated heterocycles. The summed E-state index contributed by atoms with van der Waals surface area (Å²) in [4.78, 5) is 68.1. The summed E-state index contributed by atoms with van der Waals surface area (Å²) in [6.07, 6.45) is 1.49. The number of aliphatic carboxylic acids is 2. The molecule has 18 heteroatoms. The number of carboxylic acids is 2. The van der Waals surface area contributed by atoms with Gasteiger partial charge in [0.2, 0.25) is 5.60 Å². The molecule has 2 aliphatic heterocycles. The lowest BCUT2D eigenvalue weighted by atomic mass is 10.0. The molecule has 0 aromatic carbocycles. The van der Waals surface area contributed by atoms with Gasteiger partial charge in [-0.15, -0.1) is 23.1 Å². The summed E-state index contributed by atoms with van der Waals surface area (Å²) in [5.41, 5.74) is 9.52. The van der Waals surface area contributed by atoms with Gasteiger partial charge in [-0.2, -0.15) is 0 Å². The highest BCUT2D eigenvalue weighted by Crippen LogP contribution is 2.41. The van der Waals surface area contributed by atoms with Crippen molar-refractivity contribution in [1.29, 1.82) is 0 Å². The Morgan fingerprint density at radius 3 is 2.67 bits per heavy atom. The number of carbonyl (C=O) groups excluding carboxylic acids is 2. The van der Waals surface area contributed by atoms with E-state index in [0.29, 0.717) is 10.7 Å². The molecule has 2 atom stereocenters. The summed E-state index contributed by atoms with van der Waals surface area (Å²) in [5, 5.41) is 26.6. The van der Waals surface area contributed by atoms with Crippen LogP contribution in [0.2, 0.25) is 0 Å². The third-order valence-corrected chi connectivity index (χ3v) is 8.39. The molecule has 0 saturated carbocycles. The zero-order chi connectivity index (χ0) is 28.5. The Kier molecular flexibility index (Phi) is 7.98. The highest BCUT2D eigenvalue weighted by Gasteiger charge is 2.54. The SMILES string of the molecule is CC(C)(O/N=C(\C(=O)NC1C(=O)N2C(C(=O)O)=C(CSc3nccc(N)n3)CSC12)c1csc(N)n1)C(=O)O. The van der Waals surface area contributed by atoms with E-state index in [-0.39, 0.29) is 33.8 Å². The van der Waals surface area contributed by atoms with Crippen LogP contribution < -0.4 is 16.8 Å². The molecule has 2 unspecified atom stereocenters. The minimum atomic E-state index is -1.76. The number of thiazole rings is 1. The van der Waals surface area contributed by atoms with Gasteiger partial charge >= 0.3 is 11.9 Å². The maximum Gasteiger partial charge on any atom is 0.352 e. The monoisotopic (exact) mass is 594 g/mol. The van der Waals surface area contributed by atoms with Gasteiger partial charge in [-0.25, -0.2) is 24.5 Å². The van der Waals surface area contributed by atoms with Gasteiger partial charge in [-0.3, -0.25) is 14.5 Å². The number of carboxylic acid groups (broad SMARTS) is 2. The molecule has 7 N–H and O–H groups in total. The number of anilines is 2. The quantitative estimate of drug-likeness (QED) is 0.0813. The normalized spacial score (nSPS) is 19.3. The molecule has 206 valence electrons. The number of hydrogen-bond donors (Lipinski definition) is 5. The predicted octanol–water partition coefficient (Wildman–Crippen LogP) is 0.212. The van der Waals surface area contributed by atoms with Crippen LogP contribution in [0.5, 0.6) is 0 Å². The Hall–Kier alpha value is -3.90. The number of nitrogens with one attached hydrogen (secondary N) is 1. The van der Waals surface area contributed by atoms with Crippen LogP contribution in [0.25, 0.3) is 0 Å². The number of nitrogen functional groups attached to an aromatic ring is 2. The lowest BCUT2D eigenvalue weighted by Crippen LogP contribution is -2.71. The maximum atomic E-state index is 13.1. The van der Waals surface area contributed by atoms with Crippen molar-refractivity contribution < 1.29 is 34.2 Å². The van der Waals surface area contributed by atoms with Crippen molar-refractivity contribution in [2.24, 2.45) is 5.16 Å². The van der Waals surface area contributed by atoms with Crippen LogP contribution in [0.1, 0.15) is 19.5 Å². The summed E-state index contributed by atoms with van der Waals surface area (Å²) < 4.78 is 0. The predicted molar refractivity (Wildman–Crippen MR) is 143 cm³/mol. The lowest BCUT2D eigenvalue weighted by molar-refractivity contribution is -0.161. The molecule has 39 heavy (non-hydrogen) atoms. The van der Waals surface area contributed by atoms with Gasteiger partial charge in [-0.05, 0) is 25.5 Å². The number of β-lactam (4-membered cyclic amide) rings is 1. The summed E-state index contributed by atoms with van der Waals surface area (Å²) in [6, 6.07) is 0.454. The van der Waals surface area contributed by atoms with Crippen molar-refractivity contribution in [3.63, 3.8) is 0 Å². The molecule has 0 aliphatic carbocycles. The first-order valence-corrected chi connectivity index (χ1v) is 13.9. The van der Waals surface area contributed by atoms with Gasteiger partial charge in [0.15, 0.2) is 16.0 Å². The fourth-order valence-electron chi connectivity index (χ4n) is 3.38. The van der Waals surface area contributed by atoms with E-state index in [1.807, 2.05) is 0 Å². The first kappa shape index (κ1) is 28.1. The summed E-state index contributed by atoms with van der Waals surface area (Å²) in [6.45, 7) is 2.48. The maximum absolute atomic E-state index is 13.1. The van der Waals surface area contributed by atoms with Crippen LogP contribution in [0.15, 0.2) is 39.2 Å². The average molecular weight is 595 g/mol. The third-order valence-electron chi connectivity index (χ3n) is 5.43. The Bertz CT molecular complexity index is 1410. The molecule has 0 radical (unpaired) electrons. The van der Waals surface area contributed by atoms with Crippen molar-refractivity contribution in [2.75, 3.05) is 23.0 Å². The van der Waals surface area contributed by atoms with Gasteiger partial charge in [0, 0.05) is 23.1 Å². The third kappa shape index (κ3) is 5.91. The zero-order valence-corrected chi connectivity index (χ0v) is 22.8. The van der Waals surface area contributed by atoms with Gasteiger partial charge in [0.05, 0.1) is 0 Å². The number of fused-ring (bicyclic) bond motifs is 1. The van der Waals surface area contributed by atoms with Gasteiger partial charge in [0.1, 0.15) is 28.6 Å². The van der Waals surface area contributed by atoms with Crippen LogP contribution in [-0.2, 0) is 24.0 Å². The number of rotatable bonds is 10. The number of amides is 2. The van der Waals surface area contributed by atoms with E-state index in [1.165, 1.54) is 55.0 Å². The Labute approximate surface area is 233 Å². The summed E-state index contributed by atoms with van der Waals surface area (Å²) >= 11 is 3.48. The van der Waals surface area contributed by atoms with Crippen molar-refractivity contribution in [1.82, 2.24) is 25.2 Å². The van der Waals surface area contributed by atoms with E-state index in [1.54, 1.807) is 0 Å². The molecule has 2 amide bonds. The van der Waals surface area contributed by atoms with E-state index in [2.05, 4.69) is 25.4 Å². The number of carbonyl (C=O) groups is 4. The first-order chi connectivity index (χ1) is 18.4. The van der Waals surface area contributed by atoms with E-state index in [9.17, 15) is 29.4 Å². The standard InChI is InChI=1S/C21H22N8O7S3/c1-21(2,18(34)35)36-28-11(9-7-38-19(23)25-9)14(30)27-12-15(31)29-13(17(32)33)8(5-37-16(12)29)6-39-20-24-4-3-10(22)26-20/h3-4,7,12,16H,5-6H2,1-2H3,(H2,23,25)(H,27,30)(H,32,33)(H,34,35)(H2,22,24,26)/b28-11-. The zero-order valence-electron chi connectivity index (χ0n) is 20.4. The first-order valence-electron chi connectivity index (χ1n) is 11.0. The highest BCUT2D eigenvalue weighted by molar-refractivity contribution is 8.01. The van der Waals surface area contributed by atoms with E-state index in [0.717, 1.165) is 16.2 Å². The second kappa shape index (κ2) is 11.1. The fourth-order valence-corrected chi connectivity index (χ4v) is 6.25. The van der Waals surface area contributed by atoms with Crippen LogP contribution >= 0.6 is 34.9 Å². The van der Waals surface area contributed by atoms with Crippen LogP contribution in [0.3, 0.4) is 0 Å². The molecular weight excluding hydrogens is 572 g/mol. The second-order valence-electron chi connectivity index (χ2n) is 8.59. The molecule has 1 fully saturated rings. The molecule has 0 spiro atoms. The van der Waals surface area contributed by atoms with Crippen molar-refractivity contribution in [3.05, 3.63) is 34.6 Å². The van der Waals surface area contributed by atoms with Crippen molar-refractivity contribution in [2.45, 2.75) is 36.0 Å². The highest BCUT2D eigenvalue weighted by atomic mass is 32.2. The Morgan fingerprint density at radius 2 is 2.05 bits per heavy atom. The molecular formula is C21H22N8O7S3. The number of aromatic nitrogens is 3. The van der Waals surface area contributed by atoms with E-state index < -0.39 is 46.5 Å². The van der Waals surface area contributed by atoms with Crippen molar-refractivity contribution in [3.8, 4) is 0 Å². The number of thioether (sulfide) groups is 2. The minimum absolute atomic E-state index is 0.0188. The van der Waals surface area contributed by atoms with Crippen LogP contribution in [0, 0.1) is 0 Å². The largest absolute Gasteiger partial charge is 0.478 e. The lowest BCUT2D eigenvalue weighted by Gasteiger charge is -2.49. The van der Waals surface area contributed by atoms with Crippen molar-refractivity contribution >= 4 is 75.3 Å². The number of oxime groups is 1. The van der Waals surface area contributed by atoms with Crippen LogP contribution in [-0.4, -0.2) is 88.1 Å². The second-order valence-corrected chi connectivity index (χ2v) is 11.5. The number of nitrogens with zero attached hydrogens (tertiary/aromatic N) is 5. The summed E-state index contributed by atoms with van der Waals surface area (Å²) in [7, 11) is 0. The molecule has 0 bridgehead atoms. The van der Waals surface area contributed by atoms with E-state index >= 15 is 0 Å². The molecule has 2 aromatic rings. The van der Waals surface area contributed by atoms with Gasteiger partial charge < -0.3 is 31.8 Å². The van der Waals surface area contributed by atoms with Gasteiger partial charge in [-0.1, -0.05) is 16.9 Å². The Morgan fingerprint density at radius 1 is 1.31 bits per heavy atom. The smallest absolute Gasteiger partial charge is 0.352 e. The van der Waals surface area contributed by atoms with E-state index in [4.69, 9.17) is 16.3 Å². The number of hydrogen-bond acceptors (Lipinski definition) is 14. The molecule has 4 rings (SSSR count). The molecule has 2 aromatic heterocycles. The summed E-state index contributed by atoms with van der Waals surface area (Å²) in [5.74, 6) is -3.36. The number of nitrogens with two attached hydrogens (primary N) is 2. The fraction of sp³-hybridized carbons (Fsp3) is 0.333. The Balaban J connectivity index is 1.52.